The van der Waals surface area contributed by atoms with Crippen LogP contribution in [-0.4, -0.2) is 50.8 Å². The van der Waals surface area contributed by atoms with Crippen LogP contribution in [0.5, 0.6) is 5.75 Å². The Morgan fingerprint density at radius 3 is 2.86 bits per heavy atom. The molecule has 0 saturated carbocycles. The van der Waals surface area contributed by atoms with E-state index >= 15 is 0 Å². The van der Waals surface area contributed by atoms with Crippen molar-refractivity contribution in [1.29, 1.82) is 0 Å². The number of rotatable bonds is 6. The Kier molecular flexibility index (Phi) is 6.48. The van der Waals surface area contributed by atoms with E-state index in [1.165, 1.54) is 0 Å². The van der Waals surface area contributed by atoms with Gasteiger partial charge in [-0.2, -0.15) is 0 Å². The van der Waals surface area contributed by atoms with Crippen LogP contribution in [0.4, 0.5) is 0 Å². The Labute approximate surface area is 133 Å². The van der Waals surface area contributed by atoms with Gasteiger partial charge < -0.3 is 19.7 Å². The van der Waals surface area contributed by atoms with Gasteiger partial charge in [0.15, 0.2) is 0 Å². The number of carbonyl (C=O) groups excluding carboxylic acids is 1. The van der Waals surface area contributed by atoms with Gasteiger partial charge in [0.05, 0.1) is 24.8 Å². The molecule has 1 aliphatic rings. The lowest BCUT2D eigenvalue weighted by Gasteiger charge is -2.26. The molecule has 0 aromatic heterocycles. The SMILES string of the molecule is COc1ccc(CNCCC(=O)N2CCOCC2)cc1Br. The van der Waals surface area contributed by atoms with E-state index in [2.05, 4.69) is 21.2 Å². The number of nitrogens with one attached hydrogen (secondary N) is 1. The summed E-state index contributed by atoms with van der Waals surface area (Å²) in [5.74, 6) is 1.02. The second-order valence-corrected chi connectivity index (χ2v) is 5.74. The van der Waals surface area contributed by atoms with Gasteiger partial charge in [0, 0.05) is 32.6 Å². The predicted molar refractivity (Wildman–Crippen MR) is 84.4 cm³/mol. The fraction of sp³-hybridized carbons (Fsp3) is 0.533. The van der Waals surface area contributed by atoms with Crippen molar-refractivity contribution >= 4 is 21.8 Å². The third-order valence-electron chi connectivity index (χ3n) is 3.42. The van der Waals surface area contributed by atoms with Crippen LogP contribution in [0.1, 0.15) is 12.0 Å². The number of ether oxygens (including phenoxy) is 2. The topological polar surface area (TPSA) is 50.8 Å². The maximum absolute atomic E-state index is 12.0. The average molecular weight is 357 g/mol. The van der Waals surface area contributed by atoms with Crippen LogP contribution in [-0.2, 0) is 16.1 Å². The summed E-state index contributed by atoms with van der Waals surface area (Å²) in [6.45, 7) is 4.14. The lowest BCUT2D eigenvalue weighted by molar-refractivity contribution is -0.135. The smallest absolute Gasteiger partial charge is 0.224 e. The third kappa shape index (κ3) is 4.98. The highest BCUT2D eigenvalue weighted by molar-refractivity contribution is 9.10. The molecule has 1 aromatic carbocycles. The lowest BCUT2D eigenvalue weighted by atomic mass is 10.2. The molecule has 1 fully saturated rings. The Morgan fingerprint density at radius 2 is 2.19 bits per heavy atom. The van der Waals surface area contributed by atoms with Crippen molar-refractivity contribution in [2.45, 2.75) is 13.0 Å². The molecule has 1 aromatic rings. The van der Waals surface area contributed by atoms with Crippen molar-refractivity contribution < 1.29 is 14.3 Å². The van der Waals surface area contributed by atoms with Crippen molar-refractivity contribution in [1.82, 2.24) is 10.2 Å². The number of carbonyl (C=O) groups is 1. The van der Waals surface area contributed by atoms with Crippen LogP contribution >= 0.6 is 15.9 Å². The summed E-state index contributed by atoms with van der Waals surface area (Å²) in [6.07, 6.45) is 0.525. The molecule has 0 atom stereocenters. The minimum atomic E-state index is 0.196. The minimum Gasteiger partial charge on any atom is -0.496 e. The summed E-state index contributed by atoms with van der Waals surface area (Å²) in [6, 6.07) is 5.97. The molecule has 1 saturated heterocycles. The second-order valence-electron chi connectivity index (χ2n) is 4.89. The number of hydrogen-bond donors (Lipinski definition) is 1. The van der Waals surface area contributed by atoms with Crippen molar-refractivity contribution in [2.24, 2.45) is 0 Å². The number of morpholine rings is 1. The van der Waals surface area contributed by atoms with Crippen LogP contribution in [0.3, 0.4) is 0 Å². The lowest BCUT2D eigenvalue weighted by Crippen LogP contribution is -2.41. The molecule has 6 heteroatoms. The van der Waals surface area contributed by atoms with E-state index in [1.807, 2.05) is 23.1 Å². The highest BCUT2D eigenvalue weighted by atomic mass is 79.9. The highest BCUT2D eigenvalue weighted by Crippen LogP contribution is 2.25. The third-order valence-corrected chi connectivity index (χ3v) is 4.04. The van der Waals surface area contributed by atoms with Crippen LogP contribution in [0.25, 0.3) is 0 Å². The van der Waals surface area contributed by atoms with Crippen molar-refractivity contribution in [3.8, 4) is 5.75 Å². The molecule has 21 heavy (non-hydrogen) atoms. The van der Waals surface area contributed by atoms with Crippen molar-refractivity contribution in [2.75, 3.05) is 40.0 Å². The number of amides is 1. The molecule has 0 radical (unpaired) electrons. The normalized spacial score (nSPS) is 15.0. The van der Waals surface area contributed by atoms with Gasteiger partial charge in [-0.3, -0.25) is 4.79 Å². The first kappa shape index (κ1) is 16.3. The van der Waals surface area contributed by atoms with Gasteiger partial charge in [-0.1, -0.05) is 6.07 Å². The number of halogens is 1. The maximum Gasteiger partial charge on any atom is 0.224 e. The van der Waals surface area contributed by atoms with Crippen LogP contribution in [0.15, 0.2) is 22.7 Å². The predicted octanol–water partition coefficient (Wildman–Crippen LogP) is 1.80. The number of benzene rings is 1. The van der Waals surface area contributed by atoms with E-state index in [9.17, 15) is 4.79 Å². The molecule has 116 valence electrons. The van der Waals surface area contributed by atoms with Gasteiger partial charge in [0.1, 0.15) is 5.75 Å². The fourth-order valence-corrected chi connectivity index (χ4v) is 2.81. The highest BCUT2D eigenvalue weighted by Gasteiger charge is 2.15. The largest absolute Gasteiger partial charge is 0.496 e. The molecule has 1 amide bonds. The van der Waals surface area contributed by atoms with E-state index in [1.54, 1.807) is 7.11 Å². The van der Waals surface area contributed by atoms with Gasteiger partial charge in [0.2, 0.25) is 5.91 Å². The number of methoxy groups -OCH3 is 1. The molecule has 0 aliphatic carbocycles. The first-order chi connectivity index (χ1) is 10.2. The number of hydrogen-bond acceptors (Lipinski definition) is 4. The van der Waals surface area contributed by atoms with E-state index in [4.69, 9.17) is 9.47 Å². The molecule has 2 rings (SSSR count). The molecule has 5 nitrogen and oxygen atoms in total. The van der Waals surface area contributed by atoms with Crippen LogP contribution < -0.4 is 10.1 Å². The maximum atomic E-state index is 12.0. The summed E-state index contributed by atoms with van der Waals surface area (Å²) in [5.41, 5.74) is 1.15. The van der Waals surface area contributed by atoms with Gasteiger partial charge in [-0.05, 0) is 33.6 Å². The zero-order valence-electron chi connectivity index (χ0n) is 12.2. The Morgan fingerprint density at radius 1 is 1.43 bits per heavy atom. The molecule has 0 unspecified atom stereocenters. The van der Waals surface area contributed by atoms with Gasteiger partial charge in [-0.25, -0.2) is 0 Å². The summed E-state index contributed by atoms with van der Waals surface area (Å²) >= 11 is 3.47. The second kappa shape index (κ2) is 8.36. The number of nitrogens with zero attached hydrogens (tertiary/aromatic N) is 1. The molecule has 1 aliphatic heterocycles. The standard InChI is InChI=1S/C15H21BrN2O3/c1-20-14-3-2-12(10-13(14)16)11-17-5-4-15(19)18-6-8-21-9-7-18/h2-3,10,17H,4-9,11H2,1H3. The van der Waals surface area contributed by atoms with E-state index in [-0.39, 0.29) is 5.91 Å². The zero-order chi connectivity index (χ0) is 15.1. The summed E-state index contributed by atoms with van der Waals surface area (Å²) in [7, 11) is 1.65. The molecule has 0 spiro atoms. The average Bonchev–Trinajstić information content (AvgIpc) is 2.52. The van der Waals surface area contributed by atoms with Gasteiger partial charge in [-0.15, -0.1) is 0 Å². The van der Waals surface area contributed by atoms with Crippen molar-refractivity contribution in [3.05, 3.63) is 28.2 Å². The summed E-state index contributed by atoms with van der Waals surface area (Å²) in [4.78, 5) is 13.8. The zero-order valence-corrected chi connectivity index (χ0v) is 13.8. The molecule has 1 N–H and O–H groups in total. The fourth-order valence-electron chi connectivity index (χ4n) is 2.22. The summed E-state index contributed by atoms with van der Waals surface area (Å²) in [5, 5.41) is 3.30. The molecule has 1 heterocycles. The van der Waals surface area contributed by atoms with Gasteiger partial charge in [0.25, 0.3) is 0 Å². The summed E-state index contributed by atoms with van der Waals surface area (Å²) < 4.78 is 11.4. The van der Waals surface area contributed by atoms with Crippen LogP contribution in [0.2, 0.25) is 0 Å². The Balaban J connectivity index is 1.69. The first-order valence-electron chi connectivity index (χ1n) is 7.09. The molecular formula is C15H21BrN2O3. The molecular weight excluding hydrogens is 336 g/mol. The van der Waals surface area contributed by atoms with Gasteiger partial charge >= 0.3 is 0 Å². The quantitative estimate of drug-likeness (QED) is 0.789. The Hall–Kier alpha value is -1.11. The van der Waals surface area contributed by atoms with E-state index in [0.717, 1.165) is 22.3 Å². The Bertz CT molecular complexity index is 476. The van der Waals surface area contributed by atoms with Crippen LogP contribution in [0, 0.1) is 0 Å². The van der Waals surface area contributed by atoms with E-state index in [0.29, 0.717) is 39.3 Å². The van der Waals surface area contributed by atoms with E-state index < -0.39 is 0 Å². The first-order valence-corrected chi connectivity index (χ1v) is 7.88. The molecule has 0 bridgehead atoms. The minimum absolute atomic E-state index is 0.196. The monoisotopic (exact) mass is 356 g/mol. The van der Waals surface area contributed by atoms with Crippen molar-refractivity contribution in [3.63, 3.8) is 0 Å².